The molecule has 0 bridgehead atoms. The topological polar surface area (TPSA) is 25.2 Å². The largest absolute Gasteiger partial charge is 0.507 e. The zero-order valence-corrected chi connectivity index (χ0v) is 10.1. The highest BCUT2D eigenvalue weighted by Crippen LogP contribution is 2.40. The van der Waals surface area contributed by atoms with Gasteiger partial charge in [0, 0.05) is 23.7 Å². The Kier molecular flexibility index (Phi) is 2.30. The minimum atomic E-state index is 0.214. The first kappa shape index (κ1) is 10.3. The van der Waals surface area contributed by atoms with Gasteiger partial charge in [-0.2, -0.15) is 0 Å². The Morgan fingerprint density at radius 2 is 2.00 bits per heavy atom. The summed E-state index contributed by atoms with van der Waals surface area (Å²) in [7, 11) is 0. The van der Waals surface area contributed by atoms with Crippen LogP contribution >= 0.6 is 23.2 Å². The fourth-order valence-electron chi connectivity index (χ4n) is 2.45. The van der Waals surface area contributed by atoms with E-state index in [2.05, 4.69) is 4.57 Å². The molecule has 3 rings (SSSR count). The Morgan fingerprint density at radius 3 is 2.81 bits per heavy atom. The second kappa shape index (κ2) is 3.57. The standard InChI is InChI=1S/C12H11Cl2NO/c13-9-6-10(16)8-5-7-3-1-2-4-15(7)12(8)11(9)14/h5-6,16H,1-4H2. The summed E-state index contributed by atoms with van der Waals surface area (Å²) in [5.74, 6) is 0.214. The van der Waals surface area contributed by atoms with Gasteiger partial charge in [0.1, 0.15) is 5.75 Å². The van der Waals surface area contributed by atoms with Gasteiger partial charge in [0.15, 0.2) is 0 Å². The minimum absolute atomic E-state index is 0.214. The van der Waals surface area contributed by atoms with Crippen LogP contribution in [0.4, 0.5) is 0 Å². The zero-order valence-electron chi connectivity index (χ0n) is 8.63. The van der Waals surface area contributed by atoms with Gasteiger partial charge < -0.3 is 9.67 Å². The van der Waals surface area contributed by atoms with Gasteiger partial charge in [-0.3, -0.25) is 0 Å². The van der Waals surface area contributed by atoms with Crippen LogP contribution in [0.1, 0.15) is 18.5 Å². The molecule has 0 fully saturated rings. The van der Waals surface area contributed by atoms with Crippen molar-refractivity contribution in [2.75, 3.05) is 0 Å². The van der Waals surface area contributed by atoms with E-state index < -0.39 is 0 Å². The number of phenolic OH excluding ortho intramolecular Hbond substituents is 1. The van der Waals surface area contributed by atoms with E-state index in [4.69, 9.17) is 23.2 Å². The highest BCUT2D eigenvalue weighted by molar-refractivity contribution is 6.45. The van der Waals surface area contributed by atoms with Crippen molar-refractivity contribution in [3.63, 3.8) is 0 Å². The highest BCUT2D eigenvalue weighted by Gasteiger charge is 2.19. The van der Waals surface area contributed by atoms with Crippen molar-refractivity contribution in [3.8, 4) is 5.75 Å². The predicted octanol–water partition coefficient (Wildman–Crippen LogP) is 3.99. The average Bonchev–Trinajstić information content (AvgIpc) is 2.66. The molecule has 84 valence electrons. The first-order valence-electron chi connectivity index (χ1n) is 5.37. The van der Waals surface area contributed by atoms with Crippen molar-refractivity contribution in [2.45, 2.75) is 25.8 Å². The molecule has 0 saturated heterocycles. The predicted molar refractivity (Wildman–Crippen MR) is 66.6 cm³/mol. The van der Waals surface area contributed by atoms with E-state index in [1.807, 2.05) is 6.07 Å². The van der Waals surface area contributed by atoms with Crippen LogP contribution in [0.3, 0.4) is 0 Å². The van der Waals surface area contributed by atoms with Gasteiger partial charge in [0.25, 0.3) is 0 Å². The van der Waals surface area contributed by atoms with Crippen LogP contribution in [0.2, 0.25) is 10.0 Å². The second-order valence-electron chi connectivity index (χ2n) is 4.20. The first-order chi connectivity index (χ1) is 7.68. The van der Waals surface area contributed by atoms with Crippen LogP contribution in [0.15, 0.2) is 12.1 Å². The van der Waals surface area contributed by atoms with Crippen molar-refractivity contribution in [1.82, 2.24) is 4.57 Å². The summed E-state index contributed by atoms with van der Waals surface area (Å²) in [6.07, 6.45) is 3.39. The number of aromatic nitrogens is 1. The van der Waals surface area contributed by atoms with Crippen LogP contribution in [0, 0.1) is 0 Å². The monoisotopic (exact) mass is 255 g/mol. The molecule has 1 aliphatic rings. The lowest BCUT2D eigenvalue weighted by atomic mass is 10.1. The van der Waals surface area contributed by atoms with E-state index >= 15 is 0 Å². The third-order valence-corrected chi connectivity index (χ3v) is 3.98. The third kappa shape index (κ3) is 1.33. The van der Waals surface area contributed by atoms with E-state index in [1.165, 1.54) is 18.2 Å². The van der Waals surface area contributed by atoms with Crippen LogP contribution in [-0.2, 0) is 13.0 Å². The first-order valence-corrected chi connectivity index (χ1v) is 6.13. The molecular weight excluding hydrogens is 245 g/mol. The molecule has 2 nitrogen and oxygen atoms in total. The van der Waals surface area contributed by atoms with Crippen LogP contribution < -0.4 is 0 Å². The van der Waals surface area contributed by atoms with E-state index in [9.17, 15) is 5.11 Å². The molecule has 0 radical (unpaired) electrons. The van der Waals surface area contributed by atoms with Crippen LogP contribution in [0.25, 0.3) is 10.9 Å². The summed E-state index contributed by atoms with van der Waals surface area (Å²) in [4.78, 5) is 0. The number of hydrogen-bond donors (Lipinski definition) is 1. The zero-order chi connectivity index (χ0) is 11.3. The quantitative estimate of drug-likeness (QED) is 0.757. The van der Waals surface area contributed by atoms with Gasteiger partial charge >= 0.3 is 0 Å². The highest BCUT2D eigenvalue weighted by atomic mass is 35.5. The molecule has 0 spiro atoms. The Bertz CT molecular complexity index is 574. The Hall–Kier alpha value is -0.860. The molecule has 4 heteroatoms. The Morgan fingerprint density at radius 1 is 1.19 bits per heavy atom. The average molecular weight is 256 g/mol. The van der Waals surface area contributed by atoms with E-state index in [0.29, 0.717) is 10.0 Å². The number of aryl methyl sites for hydroxylation is 2. The van der Waals surface area contributed by atoms with Crippen molar-refractivity contribution in [3.05, 3.63) is 27.9 Å². The van der Waals surface area contributed by atoms with Gasteiger partial charge in [-0.25, -0.2) is 0 Å². The van der Waals surface area contributed by atoms with Gasteiger partial charge in [0.05, 0.1) is 15.6 Å². The van der Waals surface area contributed by atoms with Gasteiger partial charge in [-0.1, -0.05) is 23.2 Å². The van der Waals surface area contributed by atoms with E-state index in [-0.39, 0.29) is 5.75 Å². The molecule has 1 aromatic carbocycles. The summed E-state index contributed by atoms with van der Waals surface area (Å²) in [6.45, 7) is 0.957. The molecule has 1 aromatic heterocycles. The molecular formula is C12H11Cl2NO. The van der Waals surface area contributed by atoms with Crippen molar-refractivity contribution in [1.29, 1.82) is 0 Å². The molecule has 0 aliphatic carbocycles. The molecule has 0 atom stereocenters. The van der Waals surface area contributed by atoms with Crippen molar-refractivity contribution < 1.29 is 5.11 Å². The lowest BCUT2D eigenvalue weighted by molar-refractivity contribution is 0.481. The molecule has 0 saturated carbocycles. The van der Waals surface area contributed by atoms with E-state index in [0.717, 1.165) is 30.3 Å². The number of rotatable bonds is 0. The number of benzene rings is 1. The number of fused-ring (bicyclic) bond motifs is 3. The minimum Gasteiger partial charge on any atom is -0.507 e. The molecule has 0 unspecified atom stereocenters. The fourth-order valence-corrected chi connectivity index (χ4v) is 2.90. The van der Waals surface area contributed by atoms with Gasteiger partial charge in [-0.05, 0) is 25.3 Å². The number of hydrogen-bond acceptors (Lipinski definition) is 1. The summed E-state index contributed by atoms with van der Waals surface area (Å²) in [5, 5.41) is 11.6. The smallest absolute Gasteiger partial charge is 0.126 e. The molecule has 0 amide bonds. The molecule has 1 N–H and O–H groups in total. The number of aromatic hydroxyl groups is 1. The van der Waals surface area contributed by atoms with Gasteiger partial charge in [-0.15, -0.1) is 0 Å². The SMILES string of the molecule is Oc1cc(Cl)c(Cl)c2c1cc1n2CCCC1. The second-order valence-corrected chi connectivity index (χ2v) is 4.98. The molecule has 1 aliphatic heterocycles. The molecule has 2 aromatic rings. The number of halogens is 2. The third-order valence-electron chi connectivity index (χ3n) is 3.20. The maximum Gasteiger partial charge on any atom is 0.126 e. The number of phenols is 1. The lowest BCUT2D eigenvalue weighted by Crippen LogP contribution is -2.09. The van der Waals surface area contributed by atoms with Crippen LogP contribution in [0.5, 0.6) is 5.75 Å². The Balaban J connectivity index is 2.43. The van der Waals surface area contributed by atoms with Gasteiger partial charge in [0.2, 0.25) is 0 Å². The van der Waals surface area contributed by atoms with E-state index in [1.54, 1.807) is 0 Å². The van der Waals surface area contributed by atoms with Crippen LogP contribution in [-0.4, -0.2) is 9.67 Å². The van der Waals surface area contributed by atoms with Crippen molar-refractivity contribution >= 4 is 34.1 Å². The summed E-state index contributed by atoms with van der Waals surface area (Å²) < 4.78 is 2.17. The fraction of sp³-hybridized carbons (Fsp3) is 0.333. The summed E-state index contributed by atoms with van der Waals surface area (Å²) in [5.41, 5.74) is 2.11. The molecule has 2 heterocycles. The Labute approximate surface area is 103 Å². The number of nitrogens with zero attached hydrogens (tertiary/aromatic N) is 1. The summed E-state index contributed by atoms with van der Waals surface area (Å²) in [6, 6.07) is 3.53. The molecule has 16 heavy (non-hydrogen) atoms. The maximum absolute atomic E-state index is 9.87. The summed E-state index contributed by atoms with van der Waals surface area (Å²) >= 11 is 12.2. The lowest BCUT2D eigenvalue weighted by Gasteiger charge is -2.16. The van der Waals surface area contributed by atoms with Crippen molar-refractivity contribution in [2.24, 2.45) is 0 Å². The normalized spacial score (nSPS) is 15.4. The maximum atomic E-state index is 9.87.